The summed E-state index contributed by atoms with van der Waals surface area (Å²) in [6.07, 6.45) is 2.57. The zero-order chi connectivity index (χ0) is 22.4. The molecule has 31 heavy (non-hydrogen) atoms. The Morgan fingerprint density at radius 1 is 1.16 bits per heavy atom. The number of carbonyl (C=O) groups is 2. The molecule has 9 heteroatoms. The van der Waals surface area contributed by atoms with Gasteiger partial charge in [0, 0.05) is 49.4 Å². The number of rotatable bonds is 6. The van der Waals surface area contributed by atoms with Crippen LogP contribution in [0.1, 0.15) is 22.8 Å². The molecule has 162 valence electrons. The van der Waals surface area contributed by atoms with Crippen LogP contribution in [0.15, 0.2) is 48.5 Å². The Kier molecular flexibility index (Phi) is 7.38. The average molecular weight is 444 g/mol. The largest absolute Gasteiger partial charge is 0.423 e. The summed E-state index contributed by atoms with van der Waals surface area (Å²) < 4.78 is 5.38. The Morgan fingerprint density at radius 3 is 2.58 bits per heavy atom. The van der Waals surface area contributed by atoms with Crippen LogP contribution in [0.25, 0.3) is 6.08 Å². The number of non-ortho nitro benzene ring substituents is 1. The maximum absolute atomic E-state index is 13.0. The Morgan fingerprint density at radius 2 is 1.90 bits per heavy atom. The third-order valence-electron chi connectivity index (χ3n) is 4.98. The van der Waals surface area contributed by atoms with Crippen molar-refractivity contribution in [3.63, 3.8) is 0 Å². The van der Waals surface area contributed by atoms with E-state index >= 15 is 0 Å². The second-order valence-corrected chi connectivity index (χ2v) is 7.41. The van der Waals surface area contributed by atoms with E-state index in [0.717, 1.165) is 25.7 Å². The van der Waals surface area contributed by atoms with Crippen LogP contribution in [-0.4, -0.2) is 59.3 Å². The van der Waals surface area contributed by atoms with Crippen LogP contribution in [0, 0.1) is 10.1 Å². The van der Waals surface area contributed by atoms with E-state index in [9.17, 15) is 19.7 Å². The molecule has 0 aromatic heterocycles. The first-order valence-corrected chi connectivity index (χ1v) is 10.2. The number of nitro benzene ring substituents is 1. The Labute approximate surface area is 184 Å². The Bertz CT molecular complexity index is 1020. The molecule has 1 aliphatic rings. The molecular formula is C22H22ClN3O5. The van der Waals surface area contributed by atoms with E-state index < -0.39 is 10.9 Å². The number of ether oxygens (including phenoxy) is 1. The molecule has 0 bridgehead atoms. The summed E-state index contributed by atoms with van der Waals surface area (Å²) in [5.41, 5.74) is 0.617. The molecule has 1 heterocycles. The van der Waals surface area contributed by atoms with Crippen molar-refractivity contribution in [1.82, 2.24) is 9.80 Å². The summed E-state index contributed by atoms with van der Waals surface area (Å²) in [5, 5.41) is 11.2. The van der Waals surface area contributed by atoms with Crippen LogP contribution in [0.2, 0.25) is 5.02 Å². The fraction of sp³-hybridized carbons (Fsp3) is 0.273. The smallest absolute Gasteiger partial charge is 0.336 e. The second kappa shape index (κ2) is 10.2. The lowest BCUT2D eigenvalue weighted by atomic mass is 10.1. The topological polar surface area (TPSA) is 93.0 Å². The molecule has 0 aliphatic carbocycles. The number of hydrogen-bond donors (Lipinski definition) is 0. The lowest BCUT2D eigenvalue weighted by Crippen LogP contribution is -2.48. The van der Waals surface area contributed by atoms with Crippen molar-refractivity contribution >= 4 is 35.2 Å². The van der Waals surface area contributed by atoms with E-state index in [0.29, 0.717) is 23.7 Å². The summed E-state index contributed by atoms with van der Waals surface area (Å²) in [5.74, 6) is -0.844. The highest BCUT2D eigenvalue weighted by molar-refractivity contribution is 6.31. The van der Waals surface area contributed by atoms with Crippen LogP contribution >= 0.6 is 11.6 Å². The van der Waals surface area contributed by atoms with Crippen molar-refractivity contribution in [1.29, 1.82) is 0 Å². The van der Waals surface area contributed by atoms with Crippen LogP contribution in [0.4, 0.5) is 5.69 Å². The normalized spacial score (nSPS) is 14.6. The van der Waals surface area contributed by atoms with Crippen molar-refractivity contribution in [3.05, 3.63) is 74.8 Å². The molecule has 0 spiro atoms. The molecule has 2 aromatic carbocycles. The highest BCUT2D eigenvalue weighted by Gasteiger charge is 2.24. The van der Waals surface area contributed by atoms with Gasteiger partial charge in [0.1, 0.15) is 5.75 Å². The zero-order valence-electron chi connectivity index (χ0n) is 17.0. The molecular weight excluding hydrogens is 422 g/mol. The molecule has 3 rings (SSSR count). The fourth-order valence-electron chi connectivity index (χ4n) is 3.24. The summed E-state index contributed by atoms with van der Waals surface area (Å²) in [6, 6.07) is 10.4. The predicted octanol–water partition coefficient (Wildman–Crippen LogP) is 3.64. The first-order chi connectivity index (χ1) is 14.9. The zero-order valence-corrected chi connectivity index (χ0v) is 17.7. The summed E-state index contributed by atoms with van der Waals surface area (Å²) in [6.45, 7) is 5.73. The third-order valence-corrected chi connectivity index (χ3v) is 5.22. The third kappa shape index (κ3) is 5.90. The predicted molar refractivity (Wildman–Crippen MR) is 117 cm³/mol. The number of likely N-dealkylation sites (N-methyl/N-ethyl adjacent to an activating group) is 1. The molecule has 0 radical (unpaired) electrons. The van der Waals surface area contributed by atoms with Crippen LogP contribution < -0.4 is 4.74 Å². The maximum Gasteiger partial charge on any atom is 0.336 e. The van der Waals surface area contributed by atoms with Crippen molar-refractivity contribution in [2.75, 3.05) is 32.7 Å². The first kappa shape index (κ1) is 22.5. The van der Waals surface area contributed by atoms with Gasteiger partial charge >= 0.3 is 5.97 Å². The van der Waals surface area contributed by atoms with Crippen LogP contribution in [0.3, 0.4) is 0 Å². The molecule has 1 aliphatic heterocycles. The molecule has 2 aromatic rings. The van der Waals surface area contributed by atoms with Gasteiger partial charge in [0.15, 0.2) is 0 Å². The van der Waals surface area contributed by atoms with Crippen molar-refractivity contribution in [2.24, 2.45) is 0 Å². The molecule has 8 nitrogen and oxygen atoms in total. The van der Waals surface area contributed by atoms with Crippen molar-refractivity contribution in [2.45, 2.75) is 6.92 Å². The number of carbonyl (C=O) groups excluding carboxylic acids is 2. The van der Waals surface area contributed by atoms with Crippen LogP contribution in [-0.2, 0) is 4.79 Å². The molecule has 0 atom stereocenters. The molecule has 1 fully saturated rings. The number of halogens is 1. The van der Waals surface area contributed by atoms with Gasteiger partial charge in [-0.05, 0) is 36.4 Å². The molecule has 1 amide bonds. The quantitative estimate of drug-likeness (QED) is 0.222. The molecule has 1 saturated heterocycles. The van der Waals surface area contributed by atoms with E-state index in [1.807, 2.05) is 0 Å². The van der Waals surface area contributed by atoms with E-state index in [2.05, 4.69) is 11.8 Å². The Hall–Kier alpha value is -3.23. The molecule has 0 unspecified atom stereocenters. The van der Waals surface area contributed by atoms with Crippen molar-refractivity contribution in [3.8, 4) is 5.75 Å². The van der Waals surface area contributed by atoms with Gasteiger partial charge in [-0.15, -0.1) is 0 Å². The van der Waals surface area contributed by atoms with Crippen LogP contribution in [0.5, 0.6) is 5.75 Å². The maximum atomic E-state index is 13.0. The Balaban J connectivity index is 1.73. The van der Waals surface area contributed by atoms with E-state index in [4.69, 9.17) is 16.3 Å². The minimum atomic E-state index is -0.710. The minimum Gasteiger partial charge on any atom is -0.423 e. The van der Waals surface area contributed by atoms with Gasteiger partial charge in [0.2, 0.25) is 0 Å². The van der Waals surface area contributed by atoms with Gasteiger partial charge in [-0.3, -0.25) is 14.9 Å². The summed E-state index contributed by atoms with van der Waals surface area (Å²) in [4.78, 5) is 39.6. The van der Waals surface area contributed by atoms with Gasteiger partial charge < -0.3 is 14.5 Å². The number of benzene rings is 2. The highest BCUT2D eigenvalue weighted by atomic mass is 35.5. The van der Waals surface area contributed by atoms with E-state index in [1.165, 1.54) is 36.4 Å². The van der Waals surface area contributed by atoms with Gasteiger partial charge in [-0.25, -0.2) is 4.79 Å². The number of hydrogen-bond acceptors (Lipinski definition) is 6. The average Bonchev–Trinajstić information content (AvgIpc) is 2.78. The number of nitro groups is 1. The SMILES string of the molecule is CCN1CCN(C(=O)c2cc(Cl)ccc2OC(=O)C=Cc2cccc([N+](=O)[O-])c2)CC1. The lowest BCUT2D eigenvalue weighted by molar-refractivity contribution is -0.384. The first-order valence-electron chi connectivity index (χ1n) is 9.83. The van der Waals surface area contributed by atoms with Gasteiger partial charge in [0.25, 0.3) is 11.6 Å². The van der Waals surface area contributed by atoms with Gasteiger partial charge in [-0.1, -0.05) is 30.7 Å². The fourth-order valence-corrected chi connectivity index (χ4v) is 3.42. The summed E-state index contributed by atoms with van der Waals surface area (Å²) in [7, 11) is 0. The van der Waals surface area contributed by atoms with Gasteiger partial charge in [0.05, 0.1) is 10.5 Å². The van der Waals surface area contributed by atoms with Gasteiger partial charge in [-0.2, -0.15) is 0 Å². The number of esters is 1. The lowest BCUT2D eigenvalue weighted by Gasteiger charge is -2.34. The highest BCUT2D eigenvalue weighted by Crippen LogP contribution is 2.25. The number of amides is 1. The second-order valence-electron chi connectivity index (χ2n) is 6.97. The van der Waals surface area contributed by atoms with Crippen molar-refractivity contribution < 1.29 is 19.2 Å². The number of nitrogens with zero attached hydrogens (tertiary/aromatic N) is 3. The summed E-state index contributed by atoms with van der Waals surface area (Å²) >= 11 is 6.08. The monoisotopic (exact) mass is 443 g/mol. The molecule has 0 N–H and O–H groups in total. The number of piperazine rings is 1. The van der Waals surface area contributed by atoms with E-state index in [1.54, 1.807) is 17.0 Å². The van der Waals surface area contributed by atoms with E-state index in [-0.39, 0.29) is 22.9 Å². The molecule has 0 saturated carbocycles. The minimum absolute atomic E-state index is 0.0794. The standard InChI is InChI=1S/C22H22ClN3O5/c1-2-24-10-12-25(13-11-24)22(28)19-15-17(23)7-8-20(19)31-21(27)9-6-16-4-3-5-18(14-16)26(29)30/h3-9,14-15H,2,10-13H2,1H3.